The maximum Gasteiger partial charge on any atom is 0.375 e. The number of anilines is 1. The maximum absolute atomic E-state index is 11.5. The molecule has 2 aromatic rings. The highest BCUT2D eigenvalue weighted by Gasteiger charge is 2.13. The molecule has 0 fully saturated rings. The molecule has 0 aliphatic carbocycles. The highest BCUT2D eigenvalue weighted by atomic mass is 16.5. The van der Waals surface area contributed by atoms with Crippen molar-refractivity contribution in [1.29, 1.82) is 0 Å². The Labute approximate surface area is 111 Å². The Morgan fingerprint density at radius 1 is 1.32 bits per heavy atom. The van der Waals surface area contributed by atoms with Crippen LogP contribution in [-0.2, 0) is 4.74 Å². The van der Waals surface area contributed by atoms with Crippen LogP contribution >= 0.6 is 0 Å². The molecule has 19 heavy (non-hydrogen) atoms. The van der Waals surface area contributed by atoms with Crippen LogP contribution in [-0.4, -0.2) is 41.9 Å². The number of hydrogen-bond donors (Lipinski definition) is 1. The van der Waals surface area contributed by atoms with Crippen molar-refractivity contribution >= 4 is 11.7 Å². The van der Waals surface area contributed by atoms with Crippen molar-refractivity contribution in [3.05, 3.63) is 30.1 Å². The summed E-state index contributed by atoms with van der Waals surface area (Å²) in [6.07, 6.45) is 0. The first kappa shape index (κ1) is 13.1. The summed E-state index contributed by atoms with van der Waals surface area (Å²) in [7, 11) is 3.95. The van der Waals surface area contributed by atoms with E-state index in [1.54, 1.807) is 6.92 Å². The number of aromatic amines is 1. The predicted octanol–water partition coefficient (Wildman–Crippen LogP) is 1.71. The average Bonchev–Trinajstić information content (AvgIpc) is 2.89. The van der Waals surface area contributed by atoms with Crippen LogP contribution in [0.1, 0.15) is 17.5 Å². The molecule has 1 aromatic heterocycles. The molecule has 1 N–H and O–H groups in total. The van der Waals surface area contributed by atoms with Crippen molar-refractivity contribution in [3.63, 3.8) is 0 Å². The van der Waals surface area contributed by atoms with Gasteiger partial charge in [-0.05, 0) is 31.2 Å². The maximum atomic E-state index is 11.5. The average molecular weight is 260 g/mol. The van der Waals surface area contributed by atoms with Crippen LogP contribution in [0.15, 0.2) is 24.3 Å². The SMILES string of the molecule is CCOC(=O)c1nc(-c2ccc(N(C)C)cc2)n[nH]1. The number of H-pyrrole nitrogens is 1. The lowest BCUT2D eigenvalue weighted by Crippen LogP contribution is -2.08. The van der Waals surface area contributed by atoms with E-state index in [0.717, 1.165) is 11.3 Å². The fourth-order valence-corrected chi connectivity index (χ4v) is 1.59. The molecule has 0 aliphatic heterocycles. The molecular weight excluding hydrogens is 244 g/mol. The van der Waals surface area contributed by atoms with Gasteiger partial charge in [0.25, 0.3) is 0 Å². The molecule has 0 bridgehead atoms. The number of carbonyl (C=O) groups excluding carboxylic acids is 1. The smallest absolute Gasteiger partial charge is 0.375 e. The molecule has 0 spiro atoms. The van der Waals surface area contributed by atoms with Crippen LogP contribution in [0.5, 0.6) is 0 Å². The molecule has 6 nitrogen and oxygen atoms in total. The van der Waals surface area contributed by atoms with Gasteiger partial charge in [0.05, 0.1) is 6.61 Å². The molecule has 0 amide bonds. The number of ether oxygens (including phenoxy) is 1. The van der Waals surface area contributed by atoms with Gasteiger partial charge in [0.2, 0.25) is 5.82 Å². The van der Waals surface area contributed by atoms with Crippen molar-refractivity contribution in [2.45, 2.75) is 6.92 Å². The lowest BCUT2D eigenvalue weighted by molar-refractivity contribution is 0.0512. The summed E-state index contributed by atoms with van der Waals surface area (Å²) in [5, 5.41) is 6.59. The molecular formula is C13H16N4O2. The Morgan fingerprint density at radius 2 is 2.00 bits per heavy atom. The van der Waals surface area contributed by atoms with E-state index in [1.807, 2.05) is 43.3 Å². The summed E-state index contributed by atoms with van der Waals surface area (Å²) in [5.74, 6) is 0.105. The second-order valence-corrected chi connectivity index (χ2v) is 4.17. The molecule has 6 heteroatoms. The standard InChI is InChI=1S/C13H16N4O2/c1-4-19-13(18)12-14-11(15-16-12)9-5-7-10(8-6-9)17(2)3/h5-8H,4H2,1-3H3,(H,14,15,16). The first-order chi connectivity index (χ1) is 9.11. The fourth-order valence-electron chi connectivity index (χ4n) is 1.59. The number of nitrogens with one attached hydrogen (secondary N) is 1. The second kappa shape index (κ2) is 5.51. The Morgan fingerprint density at radius 3 is 2.58 bits per heavy atom. The van der Waals surface area contributed by atoms with Crippen LogP contribution < -0.4 is 4.90 Å². The largest absolute Gasteiger partial charge is 0.460 e. The van der Waals surface area contributed by atoms with Gasteiger partial charge in [-0.3, -0.25) is 5.10 Å². The fraction of sp³-hybridized carbons (Fsp3) is 0.308. The number of carbonyl (C=O) groups is 1. The van der Waals surface area contributed by atoms with Crippen LogP contribution in [0, 0.1) is 0 Å². The number of benzene rings is 1. The second-order valence-electron chi connectivity index (χ2n) is 4.17. The van der Waals surface area contributed by atoms with Crippen LogP contribution in [0.3, 0.4) is 0 Å². The van der Waals surface area contributed by atoms with E-state index in [0.29, 0.717) is 12.4 Å². The molecule has 0 radical (unpaired) electrons. The summed E-state index contributed by atoms with van der Waals surface area (Å²) in [6.45, 7) is 2.06. The first-order valence-electron chi connectivity index (χ1n) is 5.99. The van der Waals surface area contributed by atoms with Crippen LogP contribution in [0.4, 0.5) is 5.69 Å². The first-order valence-corrected chi connectivity index (χ1v) is 5.99. The summed E-state index contributed by atoms with van der Waals surface area (Å²) in [5.41, 5.74) is 1.93. The van der Waals surface area contributed by atoms with Gasteiger partial charge in [-0.2, -0.15) is 5.10 Å². The molecule has 0 saturated heterocycles. The van der Waals surface area contributed by atoms with Crippen molar-refractivity contribution in [2.75, 3.05) is 25.6 Å². The van der Waals surface area contributed by atoms with Crippen molar-refractivity contribution in [2.24, 2.45) is 0 Å². The number of hydrogen-bond acceptors (Lipinski definition) is 5. The Balaban J connectivity index is 2.20. The zero-order chi connectivity index (χ0) is 13.8. The monoisotopic (exact) mass is 260 g/mol. The number of nitrogens with zero attached hydrogens (tertiary/aromatic N) is 3. The third kappa shape index (κ3) is 2.90. The van der Waals surface area contributed by atoms with E-state index in [9.17, 15) is 4.79 Å². The van der Waals surface area contributed by atoms with Crippen molar-refractivity contribution < 1.29 is 9.53 Å². The molecule has 0 aliphatic rings. The number of rotatable bonds is 4. The van der Waals surface area contributed by atoms with Gasteiger partial charge in [-0.25, -0.2) is 9.78 Å². The summed E-state index contributed by atoms with van der Waals surface area (Å²) in [6, 6.07) is 7.76. The molecule has 1 heterocycles. The van der Waals surface area contributed by atoms with Gasteiger partial charge in [-0.15, -0.1) is 0 Å². The van der Waals surface area contributed by atoms with E-state index in [-0.39, 0.29) is 5.82 Å². The zero-order valence-electron chi connectivity index (χ0n) is 11.2. The van der Waals surface area contributed by atoms with Gasteiger partial charge in [0.1, 0.15) is 0 Å². The third-order valence-electron chi connectivity index (χ3n) is 2.60. The van der Waals surface area contributed by atoms with Crippen molar-refractivity contribution in [1.82, 2.24) is 15.2 Å². The zero-order valence-corrected chi connectivity index (χ0v) is 11.2. The lowest BCUT2D eigenvalue weighted by atomic mass is 10.2. The summed E-state index contributed by atoms with van der Waals surface area (Å²) < 4.78 is 4.85. The molecule has 0 saturated carbocycles. The van der Waals surface area contributed by atoms with Crippen LogP contribution in [0.25, 0.3) is 11.4 Å². The Kier molecular flexibility index (Phi) is 3.79. The highest BCUT2D eigenvalue weighted by Crippen LogP contribution is 2.19. The van der Waals surface area contributed by atoms with Gasteiger partial charge in [0.15, 0.2) is 5.82 Å². The van der Waals surface area contributed by atoms with E-state index in [4.69, 9.17) is 4.74 Å². The summed E-state index contributed by atoms with van der Waals surface area (Å²) in [4.78, 5) is 17.6. The minimum Gasteiger partial charge on any atom is -0.460 e. The van der Waals surface area contributed by atoms with Gasteiger partial charge in [-0.1, -0.05) is 0 Å². The minimum atomic E-state index is -0.494. The Bertz CT molecular complexity index is 560. The predicted molar refractivity (Wildman–Crippen MR) is 72.1 cm³/mol. The van der Waals surface area contributed by atoms with E-state index >= 15 is 0 Å². The molecule has 1 aromatic carbocycles. The topological polar surface area (TPSA) is 71.1 Å². The molecule has 100 valence electrons. The van der Waals surface area contributed by atoms with Gasteiger partial charge in [0, 0.05) is 25.3 Å². The summed E-state index contributed by atoms with van der Waals surface area (Å²) >= 11 is 0. The molecule has 0 atom stereocenters. The third-order valence-corrected chi connectivity index (χ3v) is 2.60. The van der Waals surface area contributed by atoms with Gasteiger partial charge < -0.3 is 9.64 Å². The van der Waals surface area contributed by atoms with Crippen molar-refractivity contribution in [3.8, 4) is 11.4 Å². The van der Waals surface area contributed by atoms with Gasteiger partial charge >= 0.3 is 5.97 Å². The normalized spacial score (nSPS) is 10.3. The molecule has 2 rings (SSSR count). The molecule has 0 unspecified atom stereocenters. The number of aromatic nitrogens is 3. The van der Waals surface area contributed by atoms with E-state index < -0.39 is 5.97 Å². The highest BCUT2D eigenvalue weighted by molar-refractivity contribution is 5.85. The Hall–Kier alpha value is -2.37. The van der Waals surface area contributed by atoms with Crippen LogP contribution in [0.2, 0.25) is 0 Å². The van der Waals surface area contributed by atoms with E-state index in [1.165, 1.54) is 0 Å². The van der Waals surface area contributed by atoms with E-state index in [2.05, 4.69) is 15.2 Å². The quantitative estimate of drug-likeness (QED) is 0.847. The minimum absolute atomic E-state index is 0.119. The lowest BCUT2D eigenvalue weighted by Gasteiger charge is -2.11. The number of esters is 1.